The highest BCUT2D eigenvalue weighted by Crippen LogP contribution is 2.30. The lowest BCUT2D eigenvalue weighted by Crippen LogP contribution is -2.18. The minimum atomic E-state index is 0.0858. The van der Waals surface area contributed by atoms with E-state index < -0.39 is 0 Å². The zero-order chi connectivity index (χ0) is 18.7. The molecular weight excluding hydrogens is 284 g/mol. The molecule has 0 fully saturated rings. The van der Waals surface area contributed by atoms with Gasteiger partial charge in [-0.2, -0.15) is 0 Å². The van der Waals surface area contributed by atoms with E-state index >= 15 is 0 Å². The summed E-state index contributed by atoms with van der Waals surface area (Å²) < 4.78 is 0. The Morgan fingerprint density at radius 2 is 0.739 bits per heavy atom. The highest BCUT2D eigenvalue weighted by molar-refractivity contribution is 5.36. The molecule has 0 spiro atoms. The number of aliphatic hydroxyl groups excluding tert-OH is 2. The first-order chi connectivity index (χ1) is 11.2. The van der Waals surface area contributed by atoms with Crippen molar-refractivity contribution in [1.82, 2.24) is 0 Å². The molecule has 0 aliphatic carbocycles. The third-order valence-electron chi connectivity index (χ3n) is 2.99. The van der Waals surface area contributed by atoms with Gasteiger partial charge in [0, 0.05) is 19.6 Å². The Kier molecular flexibility index (Phi) is 21.0. The summed E-state index contributed by atoms with van der Waals surface area (Å²) in [5, 5.41) is 14.0. The molecule has 0 aliphatic heterocycles. The van der Waals surface area contributed by atoms with Crippen LogP contribution in [0.15, 0.2) is 60.7 Å². The molecule has 0 saturated heterocycles. The van der Waals surface area contributed by atoms with Crippen LogP contribution in [0.1, 0.15) is 52.7 Å². The van der Waals surface area contributed by atoms with Gasteiger partial charge in [-0.05, 0) is 11.1 Å². The fourth-order valence-corrected chi connectivity index (χ4v) is 1.88. The van der Waals surface area contributed by atoms with E-state index in [1.54, 1.807) is 0 Å². The molecular formula is C21H36O2. The summed E-state index contributed by atoms with van der Waals surface area (Å²) in [4.78, 5) is 0. The molecule has 0 radical (unpaired) electrons. The van der Waals surface area contributed by atoms with Crippen molar-refractivity contribution in [3.05, 3.63) is 71.8 Å². The van der Waals surface area contributed by atoms with Gasteiger partial charge < -0.3 is 10.2 Å². The Hall–Kier alpha value is -1.64. The molecule has 0 amide bonds. The first-order valence-electron chi connectivity index (χ1n) is 8.22. The normalized spacial score (nSPS) is 8.43. The maximum Gasteiger partial charge on any atom is 0.0319 e. The Bertz CT molecular complexity index is 381. The summed E-state index contributed by atoms with van der Waals surface area (Å²) in [7, 11) is 2.00. The highest BCUT2D eigenvalue weighted by atomic mass is 16.2. The van der Waals surface area contributed by atoms with Gasteiger partial charge >= 0.3 is 0 Å². The number of rotatable bonds is 2. The first kappa shape index (κ1) is 26.3. The fraction of sp³-hybridized carbons (Fsp3) is 0.429. The van der Waals surface area contributed by atoms with Crippen molar-refractivity contribution in [1.29, 1.82) is 0 Å². The highest BCUT2D eigenvalue weighted by Gasteiger charge is 2.21. The lowest BCUT2D eigenvalue weighted by molar-refractivity contribution is 0.399. The van der Waals surface area contributed by atoms with E-state index in [4.69, 9.17) is 10.2 Å². The smallest absolute Gasteiger partial charge is 0.0319 e. The van der Waals surface area contributed by atoms with Crippen molar-refractivity contribution in [3.8, 4) is 0 Å². The summed E-state index contributed by atoms with van der Waals surface area (Å²) in [6, 6.07) is 21.3. The van der Waals surface area contributed by atoms with Crippen LogP contribution in [0.3, 0.4) is 0 Å². The topological polar surface area (TPSA) is 40.5 Å². The number of benzene rings is 2. The molecule has 0 aromatic heterocycles. The van der Waals surface area contributed by atoms with E-state index in [9.17, 15) is 0 Å². The number of hydrogen-bond acceptors (Lipinski definition) is 2. The van der Waals surface area contributed by atoms with Gasteiger partial charge in [0.1, 0.15) is 0 Å². The molecule has 2 N–H and O–H groups in total. The van der Waals surface area contributed by atoms with Crippen LogP contribution in [0, 0.1) is 0 Å². The van der Waals surface area contributed by atoms with E-state index in [-0.39, 0.29) is 5.41 Å². The van der Waals surface area contributed by atoms with Gasteiger partial charge in [0.15, 0.2) is 0 Å². The van der Waals surface area contributed by atoms with Crippen molar-refractivity contribution in [2.45, 2.75) is 47.0 Å². The van der Waals surface area contributed by atoms with E-state index in [1.807, 2.05) is 27.7 Å². The predicted molar refractivity (Wildman–Crippen MR) is 104 cm³/mol. The number of aliphatic hydroxyl groups is 2. The third kappa shape index (κ3) is 9.88. The van der Waals surface area contributed by atoms with Crippen molar-refractivity contribution in [2.75, 3.05) is 14.2 Å². The van der Waals surface area contributed by atoms with Crippen molar-refractivity contribution >= 4 is 0 Å². The SMILES string of the molecule is CC.CC.CC(C)(c1ccccc1)c1ccccc1.CO.CO. The van der Waals surface area contributed by atoms with Gasteiger partial charge in [-0.3, -0.25) is 0 Å². The van der Waals surface area contributed by atoms with Gasteiger partial charge in [-0.25, -0.2) is 0 Å². The Morgan fingerprint density at radius 3 is 0.957 bits per heavy atom. The maximum absolute atomic E-state index is 7.00. The summed E-state index contributed by atoms with van der Waals surface area (Å²) in [6.45, 7) is 12.5. The molecule has 0 atom stereocenters. The van der Waals surface area contributed by atoms with Gasteiger partial charge in [-0.1, -0.05) is 102 Å². The standard InChI is InChI=1S/C15H16.2C2H6.2CH4O/c1-15(2,13-9-5-3-6-10-13)14-11-7-4-8-12-14;4*1-2/h3-12H,1-2H3;2*1-2H3;2*2H,1H3. The van der Waals surface area contributed by atoms with Crippen LogP contribution < -0.4 is 0 Å². The van der Waals surface area contributed by atoms with Crippen molar-refractivity contribution in [3.63, 3.8) is 0 Å². The molecule has 132 valence electrons. The van der Waals surface area contributed by atoms with Gasteiger partial charge in [-0.15, -0.1) is 0 Å². The monoisotopic (exact) mass is 320 g/mol. The van der Waals surface area contributed by atoms with E-state index in [2.05, 4.69) is 74.5 Å². The molecule has 0 saturated carbocycles. The van der Waals surface area contributed by atoms with Crippen LogP contribution in [0.4, 0.5) is 0 Å². The molecule has 0 aliphatic rings. The van der Waals surface area contributed by atoms with Crippen LogP contribution >= 0.6 is 0 Å². The predicted octanol–water partition coefficient (Wildman–Crippen LogP) is 5.28. The van der Waals surface area contributed by atoms with Crippen molar-refractivity contribution < 1.29 is 10.2 Å². The van der Waals surface area contributed by atoms with E-state index in [0.29, 0.717) is 0 Å². The van der Waals surface area contributed by atoms with Crippen LogP contribution in [0.5, 0.6) is 0 Å². The summed E-state index contributed by atoms with van der Waals surface area (Å²) in [6.07, 6.45) is 0. The molecule has 0 heterocycles. The molecule has 2 rings (SSSR count). The quantitative estimate of drug-likeness (QED) is 0.790. The summed E-state index contributed by atoms with van der Waals surface area (Å²) in [5.41, 5.74) is 2.80. The van der Waals surface area contributed by atoms with Gasteiger partial charge in [0.2, 0.25) is 0 Å². The van der Waals surface area contributed by atoms with Crippen LogP contribution in [-0.4, -0.2) is 24.4 Å². The molecule has 0 bridgehead atoms. The largest absolute Gasteiger partial charge is 0.400 e. The average molecular weight is 321 g/mol. The minimum Gasteiger partial charge on any atom is -0.400 e. The fourth-order valence-electron chi connectivity index (χ4n) is 1.88. The van der Waals surface area contributed by atoms with Gasteiger partial charge in [0.05, 0.1) is 0 Å². The average Bonchev–Trinajstić information content (AvgIpc) is 2.69. The van der Waals surface area contributed by atoms with E-state index in [0.717, 1.165) is 14.2 Å². The first-order valence-corrected chi connectivity index (χ1v) is 8.22. The summed E-state index contributed by atoms with van der Waals surface area (Å²) >= 11 is 0. The van der Waals surface area contributed by atoms with Gasteiger partial charge in [0.25, 0.3) is 0 Å². The Balaban J connectivity index is -0.000000438. The lowest BCUT2D eigenvalue weighted by Gasteiger charge is -2.25. The molecule has 23 heavy (non-hydrogen) atoms. The minimum absolute atomic E-state index is 0.0858. The molecule has 0 unspecified atom stereocenters. The molecule has 2 heteroatoms. The summed E-state index contributed by atoms with van der Waals surface area (Å²) in [5.74, 6) is 0. The second-order valence-electron chi connectivity index (χ2n) is 4.36. The molecule has 2 nitrogen and oxygen atoms in total. The Labute approximate surface area is 143 Å². The molecule has 2 aromatic rings. The zero-order valence-corrected chi connectivity index (χ0v) is 16.2. The zero-order valence-electron chi connectivity index (χ0n) is 16.2. The van der Waals surface area contributed by atoms with Crippen LogP contribution in [0.2, 0.25) is 0 Å². The Morgan fingerprint density at radius 1 is 0.522 bits per heavy atom. The van der Waals surface area contributed by atoms with Crippen LogP contribution in [-0.2, 0) is 5.41 Å². The molecule has 2 aromatic carbocycles. The second kappa shape index (κ2) is 18.4. The second-order valence-corrected chi connectivity index (χ2v) is 4.36. The van der Waals surface area contributed by atoms with Crippen LogP contribution in [0.25, 0.3) is 0 Å². The lowest BCUT2D eigenvalue weighted by atomic mass is 9.78. The number of hydrogen-bond donors (Lipinski definition) is 2. The van der Waals surface area contributed by atoms with E-state index in [1.165, 1.54) is 11.1 Å². The maximum atomic E-state index is 7.00. The van der Waals surface area contributed by atoms with Crippen molar-refractivity contribution in [2.24, 2.45) is 0 Å². The third-order valence-corrected chi connectivity index (χ3v) is 2.99.